The van der Waals surface area contributed by atoms with Gasteiger partial charge in [-0.2, -0.15) is 9.64 Å². The first kappa shape index (κ1) is 15.3. The van der Waals surface area contributed by atoms with Crippen LogP contribution in [-0.4, -0.2) is 29.7 Å². The average molecular weight is 320 g/mol. The Kier molecular flexibility index (Phi) is 4.06. The molecule has 1 aromatic heterocycles. The van der Waals surface area contributed by atoms with Crippen LogP contribution in [0.4, 0.5) is 9.80 Å². The summed E-state index contributed by atoms with van der Waals surface area (Å²) in [5.74, 6) is 0.659. The molecule has 22 heavy (non-hydrogen) atoms. The molecule has 0 bridgehead atoms. The number of rotatable bonds is 4. The highest BCUT2D eigenvalue weighted by Crippen LogP contribution is 2.47. The molecule has 118 valence electrons. The third kappa shape index (κ3) is 2.94. The van der Waals surface area contributed by atoms with E-state index < -0.39 is 0 Å². The first-order chi connectivity index (χ1) is 10.5. The van der Waals surface area contributed by atoms with E-state index in [1.54, 1.807) is 6.92 Å². The van der Waals surface area contributed by atoms with Crippen LogP contribution < -0.4 is 10.6 Å². The van der Waals surface area contributed by atoms with E-state index in [-0.39, 0.29) is 17.6 Å². The zero-order chi connectivity index (χ0) is 15.7. The van der Waals surface area contributed by atoms with Crippen molar-refractivity contribution < 1.29 is 9.53 Å². The second-order valence-corrected chi connectivity index (χ2v) is 7.20. The number of carbonyl (C=O) groups is 1. The van der Waals surface area contributed by atoms with Crippen LogP contribution in [0, 0.1) is 29.6 Å². The van der Waals surface area contributed by atoms with Gasteiger partial charge in [0.05, 0.1) is 11.8 Å². The molecule has 2 fully saturated rings. The van der Waals surface area contributed by atoms with E-state index in [1.165, 1.54) is 12.8 Å². The smallest absolute Gasteiger partial charge is 0.319 e. The van der Waals surface area contributed by atoms with Crippen LogP contribution in [0.25, 0.3) is 0 Å². The molecule has 0 spiro atoms. The van der Waals surface area contributed by atoms with Crippen LogP contribution in [0.5, 0.6) is 0 Å². The number of hydrogen-bond donors (Lipinski definition) is 2. The molecule has 1 aliphatic heterocycles. The number of anilines is 1. The Morgan fingerprint density at radius 2 is 2.36 bits per heavy atom. The van der Waals surface area contributed by atoms with Crippen LogP contribution >= 0.6 is 11.5 Å². The largest absolute Gasteiger partial charge is 0.377 e. The van der Waals surface area contributed by atoms with Gasteiger partial charge >= 0.3 is 6.03 Å². The lowest BCUT2D eigenvalue weighted by Crippen LogP contribution is -2.43. The van der Waals surface area contributed by atoms with E-state index >= 15 is 0 Å². The van der Waals surface area contributed by atoms with E-state index in [9.17, 15) is 4.79 Å². The Morgan fingerprint density at radius 1 is 1.59 bits per heavy atom. The van der Waals surface area contributed by atoms with E-state index in [0.717, 1.165) is 24.6 Å². The lowest BCUT2D eigenvalue weighted by Gasteiger charge is -2.30. The fourth-order valence-electron chi connectivity index (χ4n) is 3.07. The van der Waals surface area contributed by atoms with E-state index in [2.05, 4.69) is 28.0 Å². The maximum Gasteiger partial charge on any atom is 0.319 e. The van der Waals surface area contributed by atoms with Crippen LogP contribution in [0.1, 0.15) is 37.4 Å². The molecule has 2 atom stereocenters. The van der Waals surface area contributed by atoms with Gasteiger partial charge in [-0.15, -0.1) is 0 Å². The molecule has 2 amide bonds. The van der Waals surface area contributed by atoms with E-state index in [0.29, 0.717) is 28.7 Å². The Bertz CT molecular complexity index is 620. The minimum atomic E-state index is -0.289. The van der Waals surface area contributed by atoms with Crippen molar-refractivity contribution in [3.05, 3.63) is 11.3 Å². The Hall–Kier alpha value is -1.65. The number of aryl methyl sites for hydroxylation is 1. The number of ether oxygens (including phenoxy) is 1. The monoisotopic (exact) mass is 320 g/mol. The van der Waals surface area contributed by atoms with Gasteiger partial charge in [-0.1, -0.05) is 6.92 Å². The number of hydrogen-bond acceptors (Lipinski definition) is 5. The number of nitrogens with one attached hydrogen (secondary N) is 2. The van der Waals surface area contributed by atoms with Gasteiger partial charge in [-0.25, -0.2) is 4.79 Å². The third-order valence-electron chi connectivity index (χ3n) is 4.56. The summed E-state index contributed by atoms with van der Waals surface area (Å²) in [5.41, 5.74) is 1.08. The SMILES string of the molecule is Cc1nsc(NC(=O)NCC2(C)CCOC2C2CC2)c1C#N. The van der Waals surface area contributed by atoms with Gasteiger partial charge in [0.15, 0.2) is 0 Å². The molecular weight excluding hydrogens is 300 g/mol. The van der Waals surface area contributed by atoms with Gasteiger partial charge in [0, 0.05) is 18.6 Å². The zero-order valence-electron chi connectivity index (χ0n) is 12.8. The summed E-state index contributed by atoms with van der Waals surface area (Å²) < 4.78 is 9.95. The first-order valence-corrected chi connectivity index (χ1v) is 8.33. The minimum Gasteiger partial charge on any atom is -0.377 e. The fourth-order valence-corrected chi connectivity index (χ4v) is 3.81. The Labute approximate surface area is 134 Å². The molecule has 2 unspecified atom stereocenters. The third-order valence-corrected chi connectivity index (χ3v) is 5.42. The molecule has 0 aromatic carbocycles. The molecule has 1 aliphatic carbocycles. The summed E-state index contributed by atoms with van der Waals surface area (Å²) in [6, 6.07) is 1.78. The highest BCUT2D eigenvalue weighted by Gasteiger charge is 2.48. The highest BCUT2D eigenvalue weighted by atomic mass is 32.1. The molecule has 2 aliphatic rings. The summed E-state index contributed by atoms with van der Waals surface area (Å²) in [4.78, 5) is 12.1. The van der Waals surface area contributed by atoms with Crippen molar-refractivity contribution in [3.8, 4) is 6.07 Å². The molecule has 1 aromatic rings. The summed E-state index contributed by atoms with van der Waals surface area (Å²) in [6.45, 7) is 5.29. The van der Waals surface area contributed by atoms with Gasteiger partial charge in [0.2, 0.25) is 0 Å². The standard InChI is InChI=1S/C15H20N4O2S/c1-9-11(7-16)13(22-19-9)18-14(20)17-8-15(2)5-6-21-12(15)10-3-4-10/h10,12H,3-6,8H2,1-2H3,(H2,17,18,20). The van der Waals surface area contributed by atoms with Gasteiger partial charge in [0.25, 0.3) is 0 Å². The number of aromatic nitrogens is 1. The second-order valence-electron chi connectivity index (χ2n) is 6.42. The van der Waals surface area contributed by atoms with Crippen LogP contribution in [-0.2, 0) is 4.74 Å². The molecule has 7 heteroatoms. The summed E-state index contributed by atoms with van der Waals surface area (Å²) in [5, 5.41) is 15.2. The van der Waals surface area contributed by atoms with Crippen molar-refractivity contribution >= 4 is 22.6 Å². The fraction of sp³-hybridized carbons (Fsp3) is 0.667. The zero-order valence-corrected chi connectivity index (χ0v) is 13.6. The van der Waals surface area contributed by atoms with Crippen LogP contribution in [0.2, 0.25) is 0 Å². The predicted molar refractivity (Wildman–Crippen MR) is 83.8 cm³/mol. The van der Waals surface area contributed by atoms with Gasteiger partial charge in [-0.3, -0.25) is 5.32 Å². The van der Waals surface area contributed by atoms with Crippen molar-refractivity contribution in [2.24, 2.45) is 11.3 Å². The molecular formula is C15H20N4O2S. The van der Waals surface area contributed by atoms with Crippen molar-refractivity contribution in [1.29, 1.82) is 5.26 Å². The number of carbonyl (C=O) groups excluding carboxylic acids is 1. The number of amides is 2. The maximum atomic E-state index is 12.1. The summed E-state index contributed by atoms with van der Waals surface area (Å²) in [7, 11) is 0. The van der Waals surface area contributed by atoms with Gasteiger partial charge in [-0.05, 0) is 43.6 Å². The molecule has 2 N–H and O–H groups in total. The molecule has 2 heterocycles. The highest BCUT2D eigenvalue weighted by molar-refractivity contribution is 7.10. The molecule has 0 radical (unpaired) electrons. The van der Waals surface area contributed by atoms with Gasteiger partial charge < -0.3 is 10.1 Å². The predicted octanol–water partition coefficient (Wildman–Crippen LogP) is 2.65. The van der Waals surface area contributed by atoms with Crippen molar-refractivity contribution in [2.75, 3.05) is 18.5 Å². The van der Waals surface area contributed by atoms with Crippen molar-refractivity contribution in [2.45, 2.75) is 39.2 Å². The Morgan fingerprint density at radius 3 is 3.05 bits per heavy atom. The van der Waals surface area contributed by atoms with Gasteiger partial charge in [0.1, 0.15) is 16.6 Å². The normalized spacial score (nSPS) is 27.4. The van der Waals surface area contributed by atoms with E-state index in [4.69, 9.17) is 10.00 Å². The number of nitrogens with zero attached hydrogens (tertiary/aromatic N) is 2. The maximum absolute atomic E-state index is 12.1. The lowest BCUT2D eigenvalue weighted by molar-refractivity contribution is 0.0400. The molecule has 1 saturated heterocycles. The lowest BCUT2D eigenvalue weighted by atomic mass is 9.81. The molecule has 3 rings (SSSR count). The minimum absolute atomic E-state index is 0.000180. The van der Waals surface area contributed by atoms with Crippen LogP contribution in [0.3, 0.4) is 0 Å². The number of urea groups is 1. The van der Waals surface area contributed by atoms with E-state index in [1.807, 2.05) is 0 Å². The Balaban J connectivity index is 1.57. The molecule has 1 saturated carbocycles. The summed E-state index contributed by atoms with van der Waals surface area (Å²) >= 11 is 1.13. The quantitative estimate of drug-likeness (QED) is 0.893. The topological polar surface area (TPSA) is 87.0 Å². The first-order valence-electron chi connectivity index (χ1n) is 7.56. The van der Waals surface area contributed by atoms with Crippen LogP contribution in [0.15, 0.2) is 0 Å². The summed E-state index contributed by atoms with van der Waals surface area (Å²) in [6.07, 6.45) is 3.70. The second kappa shape index (κ2) is 5.86. The number of nitriles is 1. The van der Waals surface area contributed by atoms with Crippen molar-refractivity contribution in [3.63, 3.8) is 0 Å². The molecule has 6 nitrogen and oxygen atoms in total. The average Bonchev–Trinajstić information content (AvgIpc) is 3.17. The van der Waals surface area contributed by atoms with Crippen molar-refractivity contribution in [1.82, 2.24) is 9.69 Å².